The van der Waals surface area contributed by atoms with Gasteiger partial charge < -0.3 is 5.32 Å². The summed E-state index contributed by atoms with van der Waals surface area (Å²) >= 11 is 6.38. The van der Waals surface area contributed by atoms with E-state index in [9.17, 15) is 0 Å². The molecule has 1 aliphatic carbocycles. The Balaban J connectivity index is 1.67. The average Bonchev–Trinajstić information content (AvgIpc) is 2.46. The van der Waals surface area contributed by atoms with Crippen molar-refractivity contribution < 1.29 is 0 Å². The fraction of sp³-hybridized carbons (Fsp3) is 0.438. The summed E-state index contributed by atoms with van der Waals surface area (Å²) in [4.78, 5) is 4.63. The van der Waals surface area contributed by atoms with Gasteiger partial charge in [-0.3, -0.25) is 0 Å². The number of halogens is 1. The summed E-state index contributed by atoms with van der Waals surface area (Å²) in [5, 5.41) is 4.94. The molecule has 0 amide bonds. The topological polar surface area (TPSA) is 24.9 Å². The summed E-state index contributed by atoms with van der Waals surface area (Å²) in [6.45, 7) is 0.930. The first-order chi connectivity index (χ1) is 9.33. The molecule has 1 fully saturated rings. The molecule has 0 radical (unpaired) electrons. The Bertz CT molecular complexity index is 555. The molecule has 1 saturated carbocycles. The van der Waals surface area contributed by atoms with E-state index < -0.39 is 0 Å². The lowest BCUT2D eigenvalue weighted by atomic mass is 9.89. The number of para-hydroxylation sites is 1. The zero-order valence-electron chi connectivity index (χ0n) is 11.0. The number of hydrogen-bond donors (Lipinski definition) is 1. The standard InChI is InChI=1S/C16H19ClN2/c17-14-7-3-1-6-13(14)11-18-16-10-9-12-5-2-4-8-15(12)19-16/h2,4-5,8-10,13-14H,1,3,6-7,11H2,(H,18,19). The molecule has 1 N–H and O–H groups in total. The smallest absolute Gasteiger partial charge is 0.126 e. The molecule has 1 aromatic heterocycles. The molecule has 1 aliphatic rings. The highest BCUT2D eigenvalue weighted by Crippen LogP contribution is 2.28. The van der Waals surface area contributed by atoms with Gasteiger partial charge in [-0.1, -0.05) is 31.0 Å². The van der Waals surface area contributed by atoms with Gasteiger partial charge in [0.25, 0.3) is 0 Å². The Morgan fingerprint density at radius 1 is 1.11 bits per heavy atom. The van der Waals surface area contributed by atoms with Crippen LogP contribution in [0.15, 0.2) is 36.4 Å². The molecule has 3 rings (SSSR count). The van der Waals surface area contributed by atoms with Crippen LogP contribution >= 0.6 is 11.6 Å². The Labute approximate surface area is 119 Å². The van der Waals surface area contributed by atoms with Crippen molar-refractivity contribution >= 4 is 28.3 Å². The summed E-state index contributed by atoms with van der Waals surface area (Å²) in [6, 6.07) is 12.4. The lowest BCUT2D eigenvalue weighted by Gasteiger charge is -2.27. The summed E-state index contributed by atoms with van der Waals surface area (Å²) in [6.07, 6.45) is 4.97. The van der Waals surface area contributed by atoms with E-state index in [0.29, 0.717) is 11.3 Å². The van der Waals surface area contributed by atoms with Gasteiger partial charge in [0, 0.05) is 17.3 Å². The van der Waals surface area contributed by atoms with Crippen LogP contribution in [0.1, 0.15) is 25.7 Å². The van der Waals surface area contributed by atoms with Gasteiger partial charge in [-0.05, 0) is 37.0 Å². The van der Waals surface area contributed by atoms with Crippen LogP contribution in [-0.2, 0) is 0 Å². The van der Waals surface area contributed by atoms with Crippen molar-refractivity contribution in [1.82, 2.24) is 4.98 Å². The van der Waals surface area contributed by atoms with E-state index >= 15 is 0 Å². The fourth-order valence-corrected chi connectivity index (χ4v) is 3.16. The molecule has 2 atom stereocenters. The van der Waals surface area contributed by atoms with Crippen LogP contribution in [-0.4, -0.2) is 16.9 Å². The molecule has 19 heavy (non-hydrogen) atoms. The van der Waals surface area contributed by atoms with Crippen molar-refractivity contribution in [2.45, 2.75) is 31.1 Å². The average molecular weight is 275 g/mol. The zero-order valence-corrected chi connectivity index (χ0v) is 11.7. The SMILES string of the molecule is ClC1CCCCC1CNc1ccc2ccccc2n1. The van der Waals surface area contributed by atoms with E-state index in [2.05, 4.69) is 22.4 Å². The molecule has 2 unspecified atom stereocenters. The van der Waals surface area contributed by atoms with Crippen molar-refractivity contribution in [3.8, 4) is 0 Å². The van der Waals surface area contributed by atoms with Gasteiger partial charge in [-0.2, -0.15) is 0 Å². The number of aromatic nitrogens is 1. The van der Waals surface area contributed by atoms with Crippen molar-refractivity contribution in [2.24, 2.45) is 5.92 Å². The summed E-state index contributed by atoms with van der Waals surface area (Å²) < 4.78 is 0. The fourth-order valence-electron chi connectivity index (χ4n) is 2.79. The lowest BCUT2D eigenvalue weighted by Crippen LogP contribution is -2.26. The van der Waals surface area contributed by atoms with Gasteiger partial charge >= 0.3 is 0 Å². The van der Waals surface area contributed by atoms with Crippen LogP contribution in [0, 0.1) is 5.92 Å². The maximum Gasteiger partial charge on any atom is 0.126 e. The van der Waals surface area contributed by atoms with E-state index in [1.165, 1.54) is 24.6 Å². The van der Waals surface area contributed by atoms with Crippen LogP contribution in [0.25, 0.3) is 10.9 Å². The van der Waals surface area contributed by atoms with E-state index in [1.807, 2.05) is 24.3 Å². The maximum absolute atomic E-state index is 6.38. The minimum absolute atomic E-state index is 0.321. The van der Waals surface area contributed by atoms with Gasteiger partial charge in [-0.25, -0.2) is 4.98 Å². The lowest BCUT2D eigenvalue weighted by molar-refractivity contribution is 0.380. The zero-order chi connectivity index (χ0) is 13.1. The number of benzene rings is 1. The summed E-state index contributed by atoms with van der Waals surface area (Å²) in [7, 11) is 0. The molecule has 3 heteroatoms. The monoisotopic (exact) mass is 274 g/mol. The Morgan fingerprint density at radius 3 is 2.84 bits per heavy atom. The molecule has 0 aliphatic heterocycles. The van der Waals surface area contributed by atoms with E-state index in [1.54, 1.807) is 0 Å². The molecule has 1 heterocycles. The van der Waals surface area contributed by atoms with E-state index in [0.717, 1.165) is 24.3 Å². The molecule has 100 valence electrons. The van der Waals surface area contributed by atoms with E-state index in [4.69, 9.17) is 11.6 Å². The molecule has 0 bridgehead atoms. The Hall–Kier alpha value is -1.28. The van der Waals surface area contributed by atoms with Crippen molar-refractivity contribution in [3.63, 3.8) is 0 Å². The predicted octanol–water partition coefficient (Wildman–Crippen LogP) is 4.44. The van der Waals surface area contributed by atoms with Gasteiger partial charge in [-0.15, -0.1) is 11.6 Å². The molecule has 1 aromatic carbocycles. The quantitative estimate of drug-likeness (QED) is 0.837. The van der Waals surface area contributed by atoms with Crippen LogP contribution in [0.5, 0.6) is 0 Å². The molecular weight excluding hydrogens is 256 g/mol. The second-order valence-corrected chi connectivity index (χ2v) is 5.89. The summed E-state index contributed by atoms with van der Waals surface area (Å²) in [5.41, 5.74) is 1.04. The minimum Gasteiger partial charge on any atom is -0.370 e. The van der Waals surface area contributed by atoms with Crippen LogP contribution in [0.2, 0.25) is 0 Å². The van der Waals surface area contributed by atoms with Crippen LogP contribution in [0.4, 0.5) is 5.82 Å². The van der Waals surface area contributed by atoms with Gasteiger partial charge in [0.05, 0.1) is 5.52 Å². The highest BCUT2D eigenvalue weighted by Gasteiger charge is 2.22. The molecule has 2 nitrogen and oxygen atoms in total. The first kappa shape index (κ1) is 12.7. The largest absolute Gasteiger partial charge is 0.370 e. The first-order valence-electron chi connectivity index (χ1n) is 7.07. The van der Waals surface area contributed by atoms with Crippen LogP contribution < -0.4 is 5.32 Å². The minimum atomic E-state index is 0.321. The Morgan fingerprint density at radius 2 is 1.95 bits per heavy atom. The van der Waals surface area contributed by atoms with E-state index in [-0.39, 0.29) is 0 Å². The number of nitrogens with one attached hydrogen (secondary N) is 1. The third kappa shape index (κ3) is 3.01. The third-order valence-corrected chi connectivity index (χ3v) is 4.53. The second-order valence-electron chi connectivity index (χ2n) is 5.33. The molecule has 0 spiro atoms. The van der Waals surface area contributed by atoms with Crippen molar-refractivity contribution in [3.05, 3.63) is 36.4 Å². The first-order valence-corrected chi connectivity index (χ1v) is 7.50. The van der Waals surface area contributed by atoms with Crippen molar-refractivity contribution in [1.29, 1.82) is 0 Å². The number of anilines is 1. The molecule has 2 aromatic rings. The van der Waals surface area contributed by atoms with Gasteiger partial charge in [0.15, 0.2) is 0 Å². The number of alkyl halides is 1. The van der Waals surface area contributed by atoms with Crippen molar-refractivity contribution in [2.75, 3.05) is 11.9 Å². The highest BCUT2D eigenvalue weighted by atomic mass is 35.5. The third-order valence-electron chi connectivity index (χ3n) is 3.96. The molecular formula is C16H19ClN2. The Kier molecular flexibility index (Phi) is 3.88. The van der Waals surface area contributed by atoms with Gasteiger partial charge in [0.1, 0.15) is 5.82 Å². The van der Waals surface area contributed by atoms with Crippen LogP contribution in [0.3, 0.4) is 0 Å². The number of rotatable bonds is 3. The molecule has 0 saturated heterocycles. The number of hydrogen-bond acceptors (Lipinski definition) is 2. The maximum atomic E-state index is 6.38. The predicted molar refractivity (Wildman–Crippen MR) is 81.8 cm³/mol. The number of fused-ring (bicyclic) bond motifs is 1. The normalized spacial score (nSPS) is 23.4. The number of pyridine rings is 1. The van der Waals surface area contributed by atoms with Gasteiger partial charge in [0.2, 0.25) is 0 Å². The second kappa shape index (κ2) is 5.79. The number of nitrogens with zero attached hydrogens (tertiary/aromatic N) is 1. The highest BCUT2D eigenvalue weighted by molar-refractivity contribution is 6.20. The summed E-state index contributed by atoms with van der Waals surface area (Å²) in [5.74, 6) is 1.52.